The van der Waals surface area contributed by atoms with Gasteiger partial charge in [-0.25, -0.2) is 0 Å². The third-order valence-electron chi connectivity index (χ3n) is 3.03. The van der Waals surface area contributed by atoms with Crippen molar-refractivity contribution in [3.8, 4) is 0 Å². The van der Waals surface area contributed by atoms with Crippen LogP contribution < -0.4 is 5.32 Å². The average Bonchev–Trinajstić information content (AvgIpc) is 2.44. The van der Waals surface area contributed by atoms with Crippen LogP contribution in [0.15, 0.2) is 36.5 Å². The summed E-state index contributed by atoms with van der Waals surface area (Å²) in [6.07, 6.45) is 2.16. The van der Waals surface area contributed by atoms with Crippen molar-refractivity contribution in [1.29, 1.82) is 0 Å². The van der Waals surface area contributed by atoms with Crippen molar-refractivity contribution in [2.75, 3.05) is 0 Å². The quantitative estimate of drug-likeness (QED) is 0.874. The van der Waals surface area contributed by atoms with Crippen LogP contribution >= 0.6 is 0 Å². The number of nitrogens with zero attached hydrogens (tertiary/aromatic N) is 1. The minimum Gasteiger partial charge on any atom is -0.481 e. The number of hydrogen-bond acceptors (Lipinski definition) is 3. The lowest BCUT2D eigenvalue weighted by molar-refractivity contribution is -0.137. The Morgan fingerprint density at radius 1 is 1.35 bits per heavy atom. The van der Waals surface area contributed by atoms with Gasteiger partial charge < -0.3 is 10.4 Å². The molecule has 0 bridgehead atoms. The van der Waals surface area contributed by atoms with E-state index >= 15 is 0 Å². The number of amides is 1. The second-order valence-corrected chi connectivity index (χ2v) is 4.72. The summed E-state index contributed by atoms with van der Waals surface area (Å²) in [6, 6.07) is 8.83. The van der Waals surface area contributed by atoms with Crippen LogP contribution in [0.1, 0.15) is 30.1 Å². The van der Waals surface area contributed by atoms with Crippen LogP contribution in [-0.2, 0) is 4.79 Å². The van der Waals surface area contributed by atoms with E-state index in [2.05, 4.69) is 10.3 Å². The summed E-state index contributed by atoms with van der Waals surface area (Å²) in [7, 11) is 0. The number of carboxylic acid groups (broad SMARTS) is 1. The van der Waals surface area contributed by atoms with Crippen LogP contribution in [0.25, 0.3) is 10.9 Å². The molecule has 0 aliphatic carbocycles. The van der Waals surface area contributed by atoms with E-state index < -0.39 is 5.97 Å². The highest BCUT2D eigenvalue weighted by Gasteiger charge is 2.11. The molecule has 5 heteroatoms. The van der Waals surface area contributed by atoms with Gasteiger partial charge in [0.2, 0.25) is 0 Å². The van der Waals surface area contributed by atoms with Gasteiger partial charge in [-0.3, -0.25) is 14.6 Å². The minimum absolute atomic E-state index is 0.0447. The maximum atomic E-state index is 12.1. The predicted molar refractivity (Wildman–Crippen MR) is 75.5 cm³/mol. The molecule has 2 rings (SSSR count). The number of pyridine rings is 1. The first-order chi connectivity index (χ1) is 9.56. The van der Waals surface area contributed by atoms with Crippen LogP contribution in [0, 0.1) is 0 Å². The zero-order chi connectivity index (χ0) is 14.5. The number of carbonyl (C=O) groups excluding carboxylic acids is 1. The predicted octanol–water partition coefficient (Wildman–Crippen LogP) is 2.22. The fourth-order valence-corrected chi connectivity index (χ4v) is 1.94. The molecule has 104 valence electrons. The Kier molecular flexibility index (Phi) is 4.30. The molecule has 5 nitrogen and oxygen atoms in total. The molecular weight excluding hydrogens is 256 g/mol. The van der Waals surface area contributed by atoms with Crippen molar-refractivity contribution >= 4 is 22.8 Å². The normalized spacial score (nSPS) is 12.1. The van der Waals surface area contributed by atoms with E-state index in [0.29, 0.717) is 12.0 Å². The van der Waals surface area contributed by atoms with Crippen LogP contribution in [0.3, 0.4) is 0 Å². The molecule has 0 saturated heterocycles. The minimum atomic E-state index is -0.858. The van der Waals surface area contributed by atoms with E-state index in [0.717, 1.165) is 10.9 Å². The van der Waals surface area contributed by atoms with Gasteiger partial charge in [0, 0.05) is 29.6 Å². The van der Waals surface area contributed by atoms with Gasteiger partial charge in [-0.15, -0.1) is 0 Å². The summed E-state index contributed by atoms with van der Waals surface area (Å²) >= 11 is 0. The van der Waals surface area contributed by atoms with Gasteiger partial charge >= 0.3 is 5.97 Å². The molecule has 1 atom stereocenters. The molecule has 0 unspecified atom stereocenters. The number of benzene rings is 1. The maximum absolute atomic E-state index is 12.1. The molecule has 2 aromatic rings. The average molecular weight is 272 g/mol. The molecular formula is C15H16N2O3. The van der Waals surface area contributed by atoms with Gasteiger partial charge in [-0.2, -0.15) is 0 Å². The molecule has 0 aliphatic rings. The van der Waals surface area contributed by atoms with Gasteiger partial charge in [-0.05, 0) is 37.6 Å². The SMILES string of the molecule is C[C@@H](CCC(=O)O)NC(=O)c1ccc2ncccc2c1. The molecule has 0 spiro atoms. The van der Waals surface area contributed by atoms with Crippen molar-refractivity contribution in [3.63, 3.8) is 0 Å². The van der Waals surface area contributed by atoms with Crippen LogP contribution in [0.2, 0.25) is 0 Å². The monoisotopic (exact) mass is 272 g/mol. The summed E-state index contributed by atoms with van der Waals surface area (Å²) in [5, 5.41) is 12.3. The Balaban J connectivity index is 2.05. The standard InChI is InChI=1S/C15H16N2O3/c1-10(4-7-14(18)19)17-15(20)12-5-6-13-11(9-12)3-2-8-16-13/h2-3,5-6,8-10H,4,7H2,1H3,(H,17,20)(H,18,19)/t10-/m0/s1. The van der Waals surface area contributed by atoms with Crippen molar-refractivity contribution in [2.24, 2.45) is 0 Å². The van der Waals surface area contributed by atoms with Crippen molar-refractivity contribution in [1.82, 2.24) is 10.3 Å². The number of rotatable bonds is 5. The van der Waals surface area contributed by atoms with Gasteiger partial charge in [0.25, 0.3) is 5.91 Å². The summed E-state index contributed by atoms with van der Waals surface area (Å²) in [5.74, 6) is -1.06. The zero-order valence-corrected chi connectivity index (χ0v) is 11.2. The third kappa shape index (κ3) is 3.54. The molecule has 1 aromatic heterocycles. The van der Waals surface area contributed by atoms with Crippen molar-refractivity contribution < 1.29 is 14.7 Å². The van der Waals surface area contributed by atoms with Gasteiger partial charge in [0.15, 0.2) is 0 Å². The first kappa shape index (κ1) is 14.0. The lowest BCUT2D eigenvalue weighted by atomic mass is 10.1. The number of fused-ring (bicyclic) bond motifs is 1. The van der Waals surface area contributed by atoms with Gasteiger partial charge in [0.05, 0.1) is 5.52 Å². The second-order valence-electron chi connectivity index (χ2n) is 4.72. The number of carboxylic acids is 1. The van der Waals surface area contributed by atoms with E-state index in [1.165, 1.54) is 0 Å². The lowest BCUT2D eigenvalue weighted by Gasteiger charge is -2.13. The molecule has 20 heavy (non-hydrogen) atoms. The van der Waals surface area contributed by atoms with Crippen LogP contribution in [0.4, 0.5) is 0 Å². The summed E-state index contributed by atoms with van der Waals surface area (Å²) in [6.45, 7) is 1.80. The highest BCUT2D eigenvalue weighted by Crippen LogP contribution is 2.13. The van der Waals surface area contributed by atoms with Crippen molar-refractivity contribution in [2.45, 2.75) is 25.8 Å². The smallest absolute Gasteiger partial charge is 0.303 e. The third-order valence-corrected chi connectivity index (χ3v) is 3.03. The van der Waals surface area contributed by atoms with E-state index in [1.54, 1.807) is 31.3 Å². The van der Waals surface area contributed by atoms with E-state index in [9.17, 15) is 9.59 Å². The number of hydrogen-bond donors (Lipinski definition) is 2. The molecule has 1 aromatic carbocycles. The Bertz CT molecular complexity index is 640. The highest BCUT2D eigenvalue weighted by molar-refractivity contribution is 5.98. The fraction of sp³-hybridized carbons (Fsp3) is 0.267. The molecule has 1 amide bonds. The largest absolute Gasteiger partial charge is 0.481 e. The highest BCUT2D eigenvalue weighted by atomic mass is 16.4. The Morgan fingerprint density at radius 3 is 2.90 bits per heavy atom. The molecule has 2 N–H and O–H groups in total. The van der Waals surface area contributed by atoms with E-state index in [-0.39, 0.29) is 18.4 Å². The molecule has 0 fully saturated rings. The number of aliphatic carboxylic acids is 1. The van der Waals surface area contributed by atoms with E-state index in [4.69, 9.17) is 5.11 Å². The van der Waals surface area contributed by atoms with Crippen LogP contribution in [-0.4, -0.2) is 28.0 Å². The summed E-state index contributed by atoms with van der Waals surface area (Å²) < 4.78 is 0. The van der Waals surface area contributed by atoms with Gasteiger partial charge in [0.1, 0.15) is 0 Å². The van der Waals surface area contributed by atoms with Gasteiger partial charge in [-0.1, -0.05) is 6.07 Å². The lowest BCUT2D eigenvalue weighted by Crippen LogP contribution is -2.32. The second kappa shape index (κ2) is 6.14. The molecule has 0 aliphatic heterocycles. The first-order valence-corrected chi connectivity index (χ1v) is 6.43. The number of nitrogens with one attached hydrogen (secondary N) is 1. The number of aromatic nitrogens is 1. The number of carbonyl (C=O) groups is 2. The first-order valence-electron chi connectivity index (χ1n) is 6.43. The van der Waals surface area contributed by atoms with Crippen molar-refractivity contribution in [3.05, 3.63) is 42.1 Å². The topological polar surface area (TPSA) is 79.3 Å². The molecule has 1 heterocycles. The fourth-order valence-electron chi connectivity index (χ4n) is 1.94. The molecule has 0 radical (unpaired) electrons. The van der Waals surface area contributed by atoms with Crippen LogP contribution in [0.5, 0.6) is 0 Å². The Morgan fingerprint density at radius 2 is 2.15 bits per heavy atom. The maximum Gasteiger partial charge on any atom is 0.303 e. The van der Waals surface area contributed by atoms with E-state index in [1.807, 2.05) is 12.1 Å². The Hall–Kier alpha value is -2.43. The Labute approximate surface area is 116 Å². The summed E-state index contributed by atoms with van der Waals surface area (Å²) in [4.78, 5) is 26.7. The zero-order valence-electron chi connectivity index (χ0n) is 11.2. The molecule has 0 saturated carbocycles. The summed E-state index contributed by atoms with van der Waals surface area (Å²) in [5.41, 5.74) is 1.38.